The Hall–Kier alpha value is -3.34. The van der Waals surface area contributed by atoms with Crippen LogP contribution in [0.3, 0.4) is 0 Å². The van der Waals surface area contributed by atoms with E-state index in [9.17, 15) is 4.79 Å². The Morgan fingerprint density at radius 3 is 2.50 bits per heavy atom. The van der Waals surface area contributed by atoms with E-state index in [-0.39, 0.29) is 6.61 Å². The lowest BCUT2D eigenvalue weighted by Crippen LogP contribution is -2.05. The van der Waals surface area contributed by atoms with E-state index in [1.165, 1.54) is 0 Å². The van der Waals surface area contributed by atoms with Gasteiger partial charge in [-0.2, -0.15) is 0 Å². The smallest absolute Gasteiger partial charge is 0.338 e. The highest BCUT2D eigenvalue weighted by Crippen LogP contribution is 2.16. The van der Waals surface area contributed by atoms with Gasteiger partial charge in [0, 0.05) is 18.1 Å². The molecule has 4 aromatic rings. The first-order chi connectivity index (χ1) is 11.8. The van der Waals surface area contributed by atoms with Crippen LogP contribution < -0.4 is 0 Å². The average molecular weight is 318 g/mol. The minimum Gasteiger partial charge on any atom is -0.452 e. The summed E-state index contributed by atoms with van der Waals surface area (Å²) >= 11 is 0. The van der Waals surface area contributed by atoms with E-state index < -0.39 is 5.97 Å². The minimum absolute atomic E-state index is 0.00681. The molecular weight excluding hydrogens is 304 g/mol. The Balaban J connectivity index is 1.44. The number of ether oxygens (including phenoxy) is 1. The number of benzene rings is 2. The van der Waals surface area contributed by atoms with Crippen LogP contribution in [-0.2, 0) is 11.3 Å². The number of hydrogen-bond acceptors (Lipinski definition) is 4. The van der Waals surface area contributed by atoms with Crippen molar-refractivity contribution in [2.24, 2.45) is 0 Å². The van der Waals surface area contributed by atoms with E-state index in [4.69, 9.17) is 9.15 Å². The molecule has 4 rings (SSSR count). The van der Waals surface area contributed by atoms with Crippen LogP contribution >= 0.6 is 0 Å². The molecule has 0 amide bonds. The second kappa shape index (κ2) is 6.04. The standard InChI is InChI=1S/C19H14N2O3/c22-19(14-7-9-15(10-8-14)21-11-3-4-12-21)23-13-18-20-16-5-1-2-6-17(16)24-18/h1-12H,13H2. The van der Waals surface area contributed by atoms with Gasteiger partial charge in [-0.15, -0.1) is 0 Å². The normalized spacial score (nSPS) is 10.8. The zero-order chi connectivity index (χ0) is 16.4. The number of carbonyl (C=O) groups excluding carboxylic acids is 1. The molecule has 5 nitrogen and oxygen atoms in total. The third kappa shape index (κ3) is 2.79. The van der Waals surface area contributed by atoms with Gasteiger partial charge in [0.2, 0.25) is 5.89 Å². The first-order valence-electron chi connectivity index (χ1n) is 7.54. The number of para-hydroxylation sites is 2. The van der Waals surface area contributed by atoms with E-state index in [0.717, 1.165) is 11.2 Å². The Labute approximate surface area is 138 Å². The van der Waals surface area contributed by atoms with Crippen molar-refractivity contribution in [2.75, 3.05) is 0 Å². The summed E-state index contributed by atoms with van der Waals surface area (Å²) in [5.41, 5.74) is 2.90. The molecule has 0 radical (unpaired) electrons. The van der Waals surface area contributed by atoms with Crippen LogP contribution in [0.15, 0.2) is 77.5 Å². The molecular formula is C19H14N2O3. The monoisotopic (exact) mass is 318 g/mol. The third-order valence-corrected chi connectivity index (χ3v) is 3.67. The molecule has 0 N–H and O–H groups in total. The summed E-state index contributed by atoms with van der Waals surface area (Å²) in [4.78, 5) is 16.4. The Bertz CT molecular complexity index is 936. The van der Waals surface area contributed by atoms with Gasteiger partial charge >= 0.3 is 5.97 Å². The van der Waals surface area contributed by atoms with Crippen molar-refractivity contribution in [1.82, 2.24) is 9.55 Å². The number of esters is 1. The van der Waals surface area contributed by atoms with Crippen LogP contribution in [-0.4, -0.2) is 15.5 Å². The van der Waals surface area contributed by atoms with E-state index in [0.29, 0.717) is 17.0 Å². The fourth-order valence-corrected chi connectivity index (χ4v) is 2.47. The molecule has 2 aromatic heterocycles. The van der Waals surface area contributed by atoms with Gasteiger partial charge < -0.3 is 13.7 Å². The van der Waals surface area contributed by atoms with E-state index in [2.05, 4.69) is 4.98 Å². The molecule has 0 aliphatic carbocycles. The summed E-state index contributed by atoms with van der Waals surface area (Å²) in [7, 11) is 0. The maximum atomic E-state index is 12.1. The predicted molar refractivity (Wildman–Crippen MR) is 88.9 cm³/mol. The second-order valence-electron chi connectivity index (χ2n) is 5.29. The van der Waals surface area contributed by atoms with Crippen LogP contribution in [0.1, 0.15) is 16.2 Å². The molecule has 0 unspecified atom stereocenters. The number of aromatic nitrogens is 2. The van der Waals surface area contributed by atoms with Gasteiger partial charge in [0.1, 0.15) is 5.52 Å². The number of oxazole rings is 1. The van der Waals surface area contributed by atoms with Crippen molar-refractivity contribution in [2.45, 2.75) is 6.61 Å². The number of carbonyl (C=O) groups is 1. The highest BCUT2D eigenvalue weighted by Gasteiger charge is 2.11. The molecule has 2 aromatic carbocycles. The van der Waals surface area contributed by atoms with E-state index in [1.54, 1.807) is 12.1 Å². The fraction of sp³-hybridized carbons (Fsp3) is 0.0526. The van der Waals surface area contributed by atoms with Crippen LogP contribution in [0.2, 0.25) is 0 Å². The maximum absolute atomic E-state index is 12.1. The first-order valence-corrected chi connectivity index (χ1v) is 7.54. The summed E-state index contributed by atoms with van der Waals surface area (Å²) in [6.07, 6.45) is 3.89. The summed E-state index contributed by atoms with van der Waals surface area (Å²) in [6, 6.07) is 18.5. The Kier molecular flexibility index (Phi) is 3.59. The summed E-state index contributed by atoms with van der Waals surface area (Å²) < 4.78 is 12.8. The van der Waals surface area contributed by atoms with E-state index >= 15 is 0 Å². The molecule has 0 aliphatic heterocycles. The quantitative estimate of drug-likeness (QED) is 0.534. The molecule has 0 saturated heterocycles. The lowest BCUT2D eigenvalue weighted by atomic mass is 10.2. The summed E-state index contributed by atoms with van der Waals surface area (Å²) in [6.45, 7) is 0.00681. The third-order valence-electron chi connectivity index (χ3n) is 3.67. The van der Waals surface area contributed by atoms with E-state index in [1.807, 2.05) is 65.5 Å². The lowest BCUT2D eigenvalue weighted by molar-refractivity contribution is 0.0440. The van der Waals surface area contributed by atoms with Gasteiger partial charge in [-0.05, 0) is 48.5 Å². The fourth-order valence-electron chi connectivity index (χ4n) is 2.47. The van der Waals surface area contributed by atoms with Gasteiger partial charge in [-0.1, -0.05) is 12.1 Å². The molecule has 2 heterocycles. The Morgan fingerprint density at radius 2 is 1.75 bits per heavy atom. The molecule has 118 valence electrons. The molecule has 0 fully saturated rings. The van der Waals surface area contributed by atoms with Crippen molar-refractivity contribution in [3.05, 3.63) is 84.5 Å². The molecule has 0 spiro atoms. The number of hydrogen-bond donors (Lipinski definition) is 0. The Morgan fingerprint density at radius 1 is 1.00 bits per heavy atom. The van der Waals surface area contributed by atoms with Gasteiger partial charge in [0.25, 0.3) is 0 Å². The zero-order valence-corrected chi connectivity index (χ0v) is 12.8. The summed E-state index contributed by atoms with van der Waals surface area (Å²) in [5, 5.41) is 0. The largest absolute Gasteiger partial charge is 0.452 e. The molecule has 0 saturated carbocycles. The number of nitrogens with zero attached hydrogens (tertiary/aromatic N) is 2. The van der Waals surface area contributed by atoms with Gasteiger partial charge in [0.05, 0.1) is 5.56 Å². The number of fused-ring (bicyclic) bond motifs is 1. The van der Waals surface area contributed by atoms with Crippen molar-refractivity contribution in [3.63, 3.8) is 0 Å². The summed E-state index contributed by atoms with van der Waals surface area (Å²) in [5.74, 6) is -0.0233. The van der Waals surface area contributed by atoms with Gasteiger partial charge in [-0.3, -0.25) is 0 Å². The van der Waals surface area contributed by atoms with Crippen molar-refractivity contribution in [3.8, 4) is 5.69 Å². The molecule has 0 atom stereocenters. The first kappa shape index (κ1) is 14.3. The zero-order valence-electron chi connectivity index (χ0n) is 12.8. The predicted octanol–water partition coefficient (Wildman–Crippen LogP) is 3.98. The minimum atomic E-state index is -0.406. The average Bonchev–Trinajstić information content (AvgIpc) is 3.29. The topological polar surface area (TPSA) is 57.3 Å². The van der Waals surface area contributed by atoms with Crippen molar-refractivity contribution >= 4 is 17.1 Å². The van der Waals surface area contributed by atoms with Crippen LogP contribution in [0, 0.1) is 0 Å². The molecule has 0 bridgehead atoms. The van der Waals surface area contributed by atoms with Crippen LogP contribution in [0.25, 0.3) is 16.8 Å². The molecule has 24 heavy (non-hydrogen) atoms. The SMILES string of the molecule is O=C(OCc1nc2ccccc2o1)c1ccc(-n2cccc2)cc1. The maximum Gasteiger partial charge on any atom is 0.338 e. The lowest BCUT2D eigenvalue weighted by Gasteiger charge is -2.05. The highest BCUT2D eigenvalue weighted by atomic mass is 16.5. The van der Waals surface area contributed by atoms with Gasteiger partial charge in [-0.25, -0.2) is 9.78 Å². The van der Waals surface area contributed by atoms with Gasteiger partial charge in [0.15, 0.2) is 12.2 Å². The van der Waals surface area contributed by atoms with Crippen LogP contribution in [0.5, 0.6) is 0 Å². The molecule has 0 aliphatic rings. The van der Waals surface area contributed by atoms with Crippen molar-refractivity contribution < 1.29 is 13.9 Å². The van der Waals surface area contributed by atoms with Crippen LogP contribution in [0.4, 0.5) is 0 Å². The molecule has 5 heteroatoms. The number of rotatable bonds is 4. The van der Waals surface area contributed by atoms with Crippen molar-refractivity contribution in [1.29, 1.82) is 0 Å². The highest BCUT2D eigenvalue weighted by molar-refractivity contribution is 5.89. The second-order valence-corrected chi connectivity index (χ2v) is 5.29.